The van der Waals surface area contributed by atoms with E-state index in [9.17, 15) is 0 Å². The molecule has 0 saturated heterocycles. The minimum Gasteiger partial charge on any atom is -0.493 e. The van der Waals surface area contributed by atoms with Crippen LogP contribution >= 0.6 is 11.6 Å². The number of aromatic amines is 1. The first-order valence-corrected chi connectivity index (χ1v) is 8.56. The molecule has 0 aliphatic heterocycles. The molecule has 0 spiro atoms. The number of rotatable bonds is 6. The third-order valence-corrected chi connectivity index (χ3v) is 4.33. The number of nitrogens with zero attached hydrogens (tertiary/aromatic N) is 2. The fourth-order valence-corrected chi connectivity index (χ4v) is 2.72. The minimum absolute atomic E-state index is 0.372. The lowest BCUT2D eigenvalue weighted by Gasteiger charge is -2.12. The number of benzene rings is 2. The van der Waals surface area contributed by atoms with Crippen LogP contribution in [0.1, 0.15) is 22.5 Å². The Morgan fingerprint density at radius 3 is 2.65 bits per heavy atom. The summed E-state index contributed by atoms with van der Waals surface area (Å²) < 4.78 is 11.3. The highest BCUT2D eigenvalue weighted by Crippen LogP contribution is 2.29. The molecule has 0 unspecified atom stereocenters. The van der Waals surface area contributed by atoms with Gasteiger partial charge >= 0.3 is 0 Å². The average Bonchev–Trinajstić information content (AvgIpc) is 2.97. The molecule has 0 amide bonds. The Kier molecular flexibility index (Phi) is 5.58. The van der Waals surface area contributed by atoms with Crippen molar-refractivity contribution in [3.63, 3.8) is 0 Å². The van der Waals surface area contributed by atoms with Gasteiger partial charge in [0.1, 0.15) is 12.3 Å². The number of aromatic nitrogens is 2. The molecule has 0 aliphatic carbocycles. The third kappa shape index (κ3) is 4.06. The summed E-state index contributed by atoms with van der Waals surface area (Å²) in [6.45, 7) is 4.23. The Morgan fingerprint density at radius 1 is 1.15 bits per heavy atom. The molecule has 3 aromatic rings. The Bertz CT molecular complexity index is 915. The summed E-state index contributed by atoms with van der Waals surface area (Å²) in [4.78, 5) is 4.51. The molecule has 0 bridgehead atoms. The lowest BCUT2D eigenvalue weighted by atomic mass is 10.2. The van der Waals surface area contributed by atoms with Crippen LogP contribution in [0, 0.1) is 13.8 Å². The van der Waals surface area contributed by atoms with Crippen molar-refractivity contribution >= 4 is 23.5 Å². The van der Waals surface area contributed by atoms with Crippen LogP contribution in [0.2, 0.25) is 5.02 Å². The fraction of sp³-hybridized carbons (Fsp3) is 0.200. The molecule has 0 fully saturated rings. The van der Waals surface area contributed by atoms with Gasteiger partial charge in [-0.15, -0.1) is 0 Å². The van der Waals surface area contributed by atoms with Gasteiger partial charge in [-0.25, -0.2) is 0 Å². The largest absolute Gasteiger partial charge is 0.493 e. The molecule has 3 rings (SSSR count). The summed E-state index contributed by atoms with van der Waals surface area (Å²) in [7, 11) is 1.61. The first-order valence-electron chi connectivity index (χ1n) is 8.18. The van der Waals surface area contributed by atoms with E-state index >= 15 is 0 Å². The van der Waals surface area contributed by atoms with E-state index in [1.54, 1.807) is 13.3 Å². The highest BCUT2D eigenvalue weighted by Gasteiger charge is 2.08. The maximum absolute atomic E-state index is 6.17. The van der Waals surface area contributed by atoms with E-state index in [1.165, 1.54) is 0 Å². The standard InChI is InChI=1S/C20H20ClN3O2/c1-13-20(14(2)24-23-13)22-11-15-8-9-18(19(10-15)25-3)26-12-16-6-4-5-7-17(16)21/h4-11H,12H2,1-3H3,(H,23,24). The summed E-state index contributed by atoms with van der Waals surface area (Å²) in [5.74, 6) is 1.29. The molecular weight excluding hydrogens is 350 g/mol. The van der Waals surface area contributed by atoms with Crippen LogP contribution in [0.3, 0.4) is 0 Å². The number of methoxy groups -OCH3 is 1. The van der Waals surface area contributed by atoms with Gasteiger partial charge in [0.25, 0.3) is 0 Å². The summed E-state index contributed by atoms with van der Waals surface area (Å²) in [6, 6.07) is 13.3. The number of ether oxygens (including phenoxy) is 2. The molecule has 6 heteroatoms. The molecule has 26 heavy (non-hydrogen) atoms. The van der Waals surface area contributed by atoms with Crippen molar-refractivity contribution < 1.29 is 9.47 Å². The van der Waals surface area contributed by atoms with Gasteiger partial charge in [-0.2, -0.15) is 5.10 Å². The predicted molar refractivity (Wildman–Crippen MR) is 104 cm³/mol. The van der Waals surface area contributed by atoms with Crippen molar-refractivity contribution in [2.75, 3.05) is 7.11 Å². The van der Waals surface area contributed by atoms with Gasteiger partial charge in [0.05, 0.1) is 18.5 Å². The number of aryl methyl sites for hydroxylation is 2. The average molecular weight is 370 g/mol. The smallest absolute Gasteiger partial charge is 0.161 e. The predicted octanol–water partition coefficient (Wildman–Crippen LogP) is 5.02. The second-order valence-electron chi connectivity index (χ2n) is 5.83. The van der Waals surface area contributed by atoms with E-state index in [0.29, 0.717) is 23.1 Å². The molecule has 5 nitrogen and oxygen atoms in total. The molecule has 1 heterocycles. The Hall–Kier alpha value is -2.79. The minimum atomic E-state index is 0.372. The molecule has 1 N–H and O–H groups in total. The first-order chi connectivity index (χ1) is 12.6. The van der Waals surface area contributed by atoms with Gasteiger partial charge in [0.2, 0.25) is 0 Å². The van der Waals surface area contributed by atoms with E-state index in [0.717, 1.165) is 28.2 Å². The lowest BCUT2D eigenvalue weighted by molar-refractivity contribution is 0.284. The zero-order chi connectivity index (χ0) is 18.5. The fourth-order valence-electron chi connectivity index (χ4n) is 2.53. The third-order valence-electron chi connectivity index (χ3n) is 3.96. The van der Waals surface area contributed by atoms with Crippen LogP contribution < -0.4 is 9.47 Å². The molecular formula is C20H20ClN3O2. The summed E-state index contributed by atoms with van der Waals surface area (Å²) >= 11 is 6.17. The van der Waals surface area contributed by atoms with Crippen LogP contribution in [0.5, 0.6) is 11.5 Å². The topological polar surface area (TPSA) is 59.5 Å². The van der Waals surface area contributed by atoms with Gasteiger partial charge in [-0.1, -0.05) is 29.8 Å². The lowest BCUT2D eigenvalue weighted by Crippen LogP contribution is -1.99. The number of hydrogen-bond acceptors (Lipinski definition) is 4. The Balaban J connectivity index is 1.76. The van der Waals surface area contributed by atoms with Crippen molar-refractivity contribution in [1.29, 1.82) is 0 Å². The van der Waals surface area contributed by atoms with Gasteiger partial charge < -0.3 is 9.47 Å². The van der Waals surface area contributed by atoms with E-state index in [4.69, 9.17) is 21.1 Å². The van der Waals surface area contributed by atoms with Crippen molar-refractivity contribution in [2.45, 2.75) is 20.5 Å². The maximum atomic E-state index is 6.17. The normalized spacial score (nSPS) is 11.1. The van der Waals surface area contributed by atoms with Gasteiger partial charge in [-0.3, -0.25) is 10.1 Å². The number of nitrogens with one attached hydrogen (secondary N) is 1. The monoisotopic (exact) mass is 369 g/mol. The molecule has 0 atom stereocenters. The molecule has 0 saturated carbocycles. The SMILES string of the molecule is COc1cc(C=Nc2c(C)n[nH]c2C)ccc1OCc1ccccc1Cl. The summed E-state index contributed by atoms with van der Waals surface area (Å²) in [5, 5.41) is 7.75. The number of aliphatic imine (C=N–C) groups is 1. The molecule has 134 valence electrons. The van der Waals surface area contributed by atoms with E-state index in [2.05, 4.69) is 15.2 Å². The molecule has 1 aromatic heterocycles. The van der Waals surface area contributed by atoms with Crippen molar-refractivity contribution in [1.82, 2.24) is 10.2 Å². The second kappa shape index (κ2) is 8.06. The van der Waals surface area contributed by atoms with E-state index in [-0.39, 0.29) is 0 Å². The van der Waals surface area contributed by atoms with Crippen LogP contribution in [0.4, 0.5) is 5.69 Å². The van der Waals surface area contributed by atoms with Crippen molar-refractivity contribution in [3.8, 4) is 11.5 Å². The maximum Gasteiger partial charge on any atom is 0.161 e. The Labute approximate surface area is 157 Å². The second-order valence-corrected chi connectivity index (χ2v) is 6.24. The van der Waals surface area contributed by atoms with Crippen LogP contribution in [0.25, 0.3) is 0 Å². The highest BCUT2D eigenvalue weighted by molar-refractivity contribution is 6.31. The number of H-pyrrole nitrogens is 1. The molecule has 2 aromatic carbocycles. The summed E-state index contributed by atoms with van der Waals surface area (Å²) in [6.07, 6.45) is 1.78. The van der Waals surface area contributed by atoms with Crippen LogP contribution in [0.15, 0.2) is 47.5 Å². The van der Waals surface area contributed by atoms with Crippen molar-refractivity contribution in [2.24, 2.45) is 4.99 Å². The molecule has 0 aliphatic rings. The summed E-state index contributed by atoms with van der Waals surface area (Å²) in [5.41, 5.74) is 4.48. The zero-order valence-corrected chi connectivity index (χ0v) is 15.7. The Morgan fingerprint density at radius 2 is 1.96 bits per heavy atom. The van der Waals surface area contributed by atoms with Crippen LogP contribution in [-0.2, 0) is 6.61 Å². The van der Waals surface area contributed by atoms with E-state index < -0.39 is 0 Å². The highest BCUT2D eigenvalue weighted by atomic mass is 35.5. The quantitative estimate of drug-likeness (QED) is 0.621. The van der Waals surface area contributed by atoms with Crippen LogP contribution in [-0.4, -0.2) is 23.5 Å². The van der Waals surface area contributed by atoms with Gasteiger partial charge in [-0.05, 0) is 43.7 Å². The van der Waals surface area contributed by atoms with Crippen molar-refractivity contribution in [3.05, 3.63) is 70.0 Å². The number of halogens is 1. The number of hydrogen-bond donors (Lipinski definition) is 1. The zero-order valence-electron chi connectivity index (χ0n) is 14.9. The van der Waals surface area contributed by atoms with Gasteiger partial charge in [0.15, 0.2) is 11.5 Å². The van der Waals surface area contributed by atoms with Gasteiger partial charge in [0, 0.05) is 16.8 Å². The first kappa shape index (κ1) is 18.0. The molecule has 0 radical (unpaired) electrons. The van der Waals surface area contributed by atoms with E-state index in [1.807, 2.05) is 56.3 Å².